The summed E-state index contributed by atoms with van der Waals surface area (Å²) in [6, 6.07) is 4.34. The lowest BCUT2D eigenvalue weighted by Gasteiger charge is -2.13. The number of nitrogens with zero attached hydrogens (tertiary/aromatic N) is 1. The van der Waals surface area contributed by atoms with E-state index in [4.69, 9.17) is 24.5 Å². The van der Waals surface area contributed by atoms with Gasteiger partial charge in [-0.25, -0.2) is 9.59 Å². The molecule has 2 N–H and O–H groups in total. The number of benzene rings is 1. The second-order valence-corrected chi connectivity index (χ2v) is 5.67. The molecule has 0 amide bonds. The van der Waals surface area contributed by atoms with E-state index in [1.807, 2.05) is 0 Å². The van der Waals surface area contributed by atoms with E-state index in [0.29, 0.717) is 0 Å². The Morgan fingerprint density at radius 1 is 1.04 bits per heavy atom. The van der Waals surface area contributed by atoms with Crippen LogP contribution in [-0.4, -0.2) is 54.3 Å². The van der Waals surface area contributed by atoms with E-state index >= 15 is 0 Å². The molecule has 0 aliphatic rings. The van der Waals surface area contributed by atoms with Crippen molar-refractivity contribution in [3.63, 3.8) is 0 Å². The molecule has 0 radical (unpaired) electrons. The van der Waals surface area contributed by atoms with Crippen molar-refractivity contribution in [2.45, 2.75) is 33.6 Å². The van der Waals surface area contributed by atoms with Crippen LogP contribution in [0.15, 0.2) is 12.1 Å². The first-order valence-electron chi connectivity index (χ1n) is 7.46. The summed E-state index contributed by atoms with van der Waals surface area (Å²) in [4.78, 5) is 20.4. The van der Waals surface area contributed by atoms with Gasteiger partial charge in [-0.3, -0.25) is 0 Å². The highest BCUT2D eigenvalue weighted by molar-refractivity contribution is 6.27. The van der Waals surface area contributed by atoms with Gasteiger partial charge in [0.25, 0.3) is 0 Å². The van der Waals surface area contributed by atoms with Crippen LogP contribution in [0.5, 0.6) is 5.75 Å². The van der Waals surface area contributed by atoms with Crippen LogP contribution in [0.3, 0.4) is 0 Å². The fourth-order valence-corrected chi connectivity index (χ4v) is 1.86. The normalized spacial score (nSPS) is 10.0. The number of carbonyl (C=O) groups is 2. The zero-order valence-electron chi connectivity index (χ0n) is 14.5. The Kier molecular flexibility index (Phi) is 9.65. The van der Waals surface area contributed by atoms with Crippen LogP contribution >= 0.6 is 0 Å². The molecule has 130 valence electrons. The standard InChI is InChI=1S/C15H25NO.C2H2O4/c1-12-10-13(2)14(3)15(11-12)17-9-7-6-8-16(4)5;3-1(4)2(5)6/h10-11H,6-9H2,1-5H3;(H,3,4)(H,5,6). The molecular formula is C17H27NO5. The van der Waals surface area contributed by atoms with Gasteiger partial charge in [0.15, 0.2) is 0 Å². The number of rotatable bonds is 6. The molecule has 1 aromatic carbocycles. The van der Waals surface area contributed by atoms with Crippen LogP contribution in [0.1, 0.15) is 29.5 Å². The van der Waals surface area contributed by atoms with Crippen LogP contribution in [0.25, 0.3) is 0 Å². The quantitative estimate of drug-likeness (QED) is 0.617. The maximum Gasteiger partial charge on any atom is 0.414 e. The number of aryl methyl sites for hydroxylation is 2. The molecule has 0 saturated heterocycles. The van der Waals surface area contributed by atoms with Gasteiger partial charge in [0.2, 0.25) is 0 Å². The summed E-state index contributed by atoms with van der Waals surface area (Å²) < 4.78 is 5.86. The molecule has 0 spiro atoms. The van der Waals surface area contributed by atoms with Gasteiger partial charge in [0.05, 0.1) is 6.61 Å². The predicted octanol–water partition coefficient (Wildman–Crippen LogP) is 2.49. The fourth-order valence-electron chi connectivity index (χ4n) is 1.86. The minimum Gasteiger partial charge on any atom is -0.493 e. The largest absolute Gasteiger partial charge is 0.493 e. The Hall–Kier alpha value is -2.08. The van der Waals surface area contributed by atoms with Gasteiger partial charge in [0, 0.05) is 0 Å². The predicted molar refractivity (Wildman–Crippen MR) is 89.2 cm³/mol. The monoisotopic (exact) mass is 325 g/mol. The maximum atomic E-state index is 9.10. The number of carboxylic acids is 2. The first kappa shape index (κ1) is 20.9. The van der Waals surface area contributed by atoms with Crippen molar-refractivity contribution in [2.75, 3.05) is 27.2 Å². The fraction of sp³-hybridized carbons (Fsp3) is 0.529. The summed E-state index contributed by atoms with van der Waals surface area (Å²) >= 11 is 0. The molecule has 1 rings (SSSR count). The minimum absolute atomic E-state index is 0.817. The summed E-state index contributed by atoms with van der Waals surface area (Å²) in [7, 11) is 4.21. The lowest BCUT2D eigenvalue weighted by Crippen LogP contribution is -2.13. The molecule has 0 aliphatic heterocycles. The van der Waals surface area contributed by atoms with E-state index in [2.05, 4.69) is 51.9 Å². The molecule has 0 aliphatic carbocycles. The van der Waals surface area contributed by atoms with Crippen molar-refractivity contribution < 1.29 is 24.5 Å². The highest BCUT2D eigenvalue weighted by atomic mass is 16.5. The Morgan fingerprint density at radius 2 is 1.61 bits per heavy atom. The molecule has 6 heteroatoms. The van der Waals surface area contributed by atoms with Gasteiger partial charge < -0.3 is 19.8 Å². The summed E-state index contributed by atoms with van der Waals surface area (Å²) in [5.41, 5.74) is 3.85. The number of ether oxygens (including phenoxy) is 1. The number of carboxylic acid groups (broad SMARTS) is 2. The highest BCUT2D eigenvalue weighted by Crippen LogP contribution is 2.23. The van der Waals surface area contributed by atoms with E-state index in [-0.39, 0.29) is 0 Å². The van der Waals surface area contributed by atoms with Gasteiger partial charge in [0.1, 0.15) is 5.75 Å². The van der Waals surface area contributed by atoms with E-state index in [0.717, 1.165) is 25.3 Å². The van der Waals surface area contributed by atoms with Crippen molar-refractivity contribution in [1.82, 2.24) is 4.90 Å². The summed E-state index contributed by atoms with van der Waals surface area (Å²) in [6.07, 6.45) is 2.31. The van der Waals surface area contributed by atoms with E-state index in [1.54, 1.807) is 0 Å². The summed E-state index contributed by atoms with van der Waals surface area (Å²) in [5.74, 6) is -2.60. The molecule has 0 aromatic heterocycles. The molecule has 0 unspecified atom stereocenters. The average Bonchev–Trinajstić information content (AvgIpc) is 2.43. The molecule has 0 saturated carbocycles. The zero-order chi connectivity index (χ0) is 18.0. The van der Waals surface area contributed by atoms with Gasteiger partial charge in [-0.1, -0.05) is 6.07 Å². The lowest BCUT2D eigenvalue weighted by atomic mass is 10.1. The third-order valence-corrected chi connectivity index (χ3v) is 3.20. The minimum atomic E-state index is -1.82. The molecule has 0 heterocycles. The number of hydrogen-bond acceptors (Lipinski definition) is 4. The van der Waals surface area contributed by atoms with Gasteiger partial charge in [-0.2, -0.15) is 0 Å². The van der Waals surface area contributed by atoms with Crippen LogP contribution in [-0.2, 0) is 9.59 Å². The highest BCUT2D eigenvalue weighted by Gasteiger charge is 2.04. The van der Waals surface area contributed by atoms with Crippen molar-refractivity contribution in [3.8, 4) is 5.75 Å². The number of hydrogen-bond donors (Lipinski definition) is 2. The summed E-state index contributed by atoms with van der Waals surface area (Å²) in [5, 5.41) is 14.8. The first-order chi connectivity index (χ1) is 10.6. The van der Waals surface area contributed by atoms with Crippen molar-refractivity contribution in [3.05, 3.63) is 28.8 Å². The van der Waals surface area contributed by atoms with E-state index < -0.39 is 11.9 Å². The van der Waals surface area contributed by atoms with Crippen LogP contribution in [0.2, 0.25) is 0 Å². The van der Waals surface area contributed by atoms with Crippen molar-refractivity contribution in [1.29, 1.82) is 0 Å². The Labute approximate surface area is 137 Å². The van der Waals surface area contributed by atoms with Crippen molar-refractivity contribution >= 4 is 11.9 Å². The van der Waals surface area contributed by atoms with E-state index in [9.17, 15) is 0 Å². The van der Waals surface area contributed by atoms with Crippen LogP contribution in [0, 0.1) is 20.8 Å². The number of unbranched alkanes of at least 4 members (excludes halogenated alkanes) is 1. The molecule has 0 atom stereocenters. The molecular weight excluding hydrogens is 298 g/mol. The van der Waals surface area contributed by atoms with Gasteiger partial charge in [-0.15, -0.1) is 0 Å². The van der Waals surface area contributed by atoms with E-state index in [1.165, 1.54) is 23.1 Å². The topological polar surface area (TPSA) is 87.1 Å². The molecule has 1 aromatic rings. The number of aliphatic carboxylic acids is 2. The molecule has 6 nitrogen and oxygen atoms in total. The SMILES string of the molecule is Cc1cc(C)c(C)c(OCCCCN(C)C)c1.O=C(O)C(=O)O. The third-order valence-electron chi connectivity index (χ3n) is 3.20. The lowest BCUT2D eigenvalue weighted by molar-refractivity contribution is -0.159. The van der Waals surface area contributed by atoms with Crippen LogP contribution in [0.4, 0.5) is 0 Å². The smallest absolute Gasteiger partial charge is 0.414 e. The second kappa shape index (κ2) is 10.6. The van der Waals surface area contributed by atoms with Gasteiger partial charge >= 0.3 is 11.9 Å². The Balaban J connectivity index is 0.000000688. The van der Waals surface area contributed by atoms with Crippen molar-refractivity contribution in [2.24, 2.45) is 0 Å². The molecule has 0 fully saturated rings. The second-order valence-electron chi connectivity index (χ2n) is 5.67. The van der Waals surface area contributed by atoms with Gasteiger partial charge in [-0.05, 0) is 77.0 Å². The first-order valence-corrected chi connectivity index (χ1v) is 7.46. The van der Waals surface area contributed by atoms with Crippen LogP contribution < -0.4 is 4.74 Å². The Morgan fingerprint density at radius 3 is 2.09 bits per heavy atom. The maximum absolute atomic E-state index is 9.10. The summed E-state index contributed by atoms with van der Waals surface area (Å²) in [6.45, 7) is 8.34. The molecule has 0 bridgehead atoms. The Bertz CT molecular complexity index is 514. The molecule has 23 heavy (non-hydrogen) atoms. The third kappa shape index (κ3) is 9.52. The zero-order valence-corrected chi connectivity index (χ0v) is 14.5. The average molecular weight is 325 g/mol.